The van der Waals surface area contributed by atoms with Crippen LogP contribution in [0.3, 0.4) is 0 Å². The van der Waals surface area contributed by atoms with Gasteiger partial charge < -0.3 is 4.74 Å². The predicted molar refractivity (Wildman–Crippen MR) is 133 cm³/mol. The van der Waals surface area contributed by atoms with Crippen molar-refractivity contribution in [2.75, 3.05) is 13.4 Å². The van der Waals surface area contributed by atoms with E-state index in [0.29, 0.717) is 17.9 Å². The molecule has 1 aliphatic heterocycles. The van der Waals surface area contributed by atoms with Crippen molar-refractivity contribution < 1.29 is 13.2 Å². The third kappa shape index (κ3) is 4.20. The van der Waals surface area contributed by atoms with Crippen LogP contribution in [0.15, 0.2) is 96.2 Å². The number of nitrogens with zero attached hydrogens (tertiary/aromatic N) is 4. The summed E-state index contributed by atoms with van der Waals surface area (Å²) in [6.45, 7) is 0. The average Bonchev–Trinajstić information content (AvgIpc) is 3.50. The first-order chi connectivity index (χ1) is 16.4. The summed E-state index contributed by atoms with van der Waals surface area (Å²) in [5, 5.41) is 9.46. The lowest BCUT2D eigenvalue weighted by Gasteiger charge is -2.21. The Kier molecular flexibility index (Phi) is 5.67. The van der Waals surface area contributed by atoms with Gasteiger partial charge in [0, 0.05) is 23.7 Å². The normalized spacial score (nSPS) is 15.9. The summed E-state index contributed by atoms with van der Waals surface area (Å²) in [4.78, 5) is 0. The Bertz CT molecular complexity index is 1450. The average molecular weight is 473 g/mol. The number of ether oxygens (including phenoxy) is 1. The predicted octanol–water partition coefficient (Wildman–Crippen LogP) is 4.66. The van der Waals surface area contributed by atoms with Crippen molar-refractivity contribution in [1.82, 2.24) is 14.2 Å². The summed E-state index contributed by atoms with van der Waals surface area (Å²) in [6.07, 6.45) is 3.52. The molecule has 1 aromatic heterocycles. The van der Waals surface area contributed by atoms with Gasteiger partial charge in [-0.1, -0.05) is 60.7 Å². The molecule has 0 spiro atoms. The van der Waals surface area contributed by atoms with Crippen LogP contribution in [0.5, 0.6) is 5.75 Å². The molecule has 1 atom stereocenters. The highest BCUT2D eigenvalue weighted by atomic mass is 32.2. The number of hydrogen-bond acceptors (Lipinski definition) is 5. The lowest BCUT2D eigenvalue weighted by molar-refractivity contribution is 0.371. The molecule has 0 saturated carbocycles. The van der Waals surface area contributed by atoms with Crippen LogP contribution in [0.2, 0.25) is 0 Å². The Hall–Kier alpha value is -3.91. The molecule has 5 rings (SSSR count). The molecule has 34 heavy (non-hydrogen) atoms. The maximum Gasteiger partial charge on any atom is 0.247 e. The molecule has 0 radical (unpaired) electrons. The van der Waals surface area contributed by atoms with Crippen LogP contribution < -0.4 is 4.74 Å². The van der Waals surface area contributed by atoms with Crippen molar-refractivity contribution in [3.8, 4) is 22.7 Å². The molecule has 1 unspecified atom stereocenters. The molecule has 1 aliphatic rings. The molecule has 0 amide bonds. The van der Waals surface area contributed by atoms with E-state index in [-0.39, 0.29) is 0 Å². The molecular formula is C26H24N4O3S. The van der Waals surface area contributed by atoms with Gasteiger partial charge in [0.25, 0.3) is 0 Å². The van der Waals surface area contributed by atoms with E-state index in [4.69, 9.17) is 9.84 Å². The fraction of sp³-hybridized carbons (Fsp3) is 0.154. The summed E-state index contributed by atoms with van der Waals surface area (Å²) in [7, 11) is -2.01. The van der Waals surface area contributed by atoms with Crippen LogP contribution in [0.1, 0.15) is 23.6 Å². The molecule has 0 fully saturated rings. The SMILES string of the molecule is COc1cccc(C2CC(c3cn(-c4ccccc4)nc3-c3ccccc3)=NN2S(C)(=O)=O)c1. The van der Waals surface area contributed by atoms with Gasteiger partial charge in [0.2, 0.25) is 10.0 Å². The molecule has 172 valence electrons. The second-order valence-corrected chi connectivity index (χ2v) is 9.96. The largest absolute Gasteiger partial charge is 0.497 e. The Morgan fingerprint density at radius 1 is 0.941 bits per heavy atom. The molecule has 7 nitrogen and oxygen atoms in total. The summed E-state index contributed by atoms with van der Waals surface area (Å²) in [5.74, 6) is 0.668. The van der Waals surface area contributed by atoms with Crippen LogP contribution >= 0.6 is 0 Å². The zero-order valence-electron chi connectivity index (χ0n) is 18.9. The summed E-state index contributed by atoms with van der Waals surface area (Å²) in [6, 6.07) is 26.6. The Labute approximate surface area is 199 Å². The minimum atomic E-state index is -3.61. The van der Waals surface area contributed by atoms with Gasteiger partial charge in [0.15, 0.2) is 0 Å². The molecule has 0 bridgehead atoms. The van der Waals surface area contributed by atoms with Gasteiger partial charge >= 0.3 is 0 Å². The van der Waals surface area contributed by atoms with Crippen molar-refractivity contribution in [2.45, 2.75) is 12.5 Å². The van der Waals surface area contributed by atoms with Crippen LogP contribution in [0.4, 0.5) is 0 Å². The minimum absolute atomic E-state index is 0.417. The topological polar surface area (TPSA) is 76.8 Å². The lowest BCUT2D eigenvalue weighted by Crippen LogP contribution is -2.25. The van der Waals surface area contributed by atoms with Gasteiger partial charge in [-0.25, -0.2) is 13.1 Å². The Morgan fingerprint density at radius 2 is 1.65 bits per heavy atom. The highest BCUT2D eigenvalue weighted by molar-refractivity contribution is 7.88. The first kappa shape index (κ1) is 21.9. The van der Waals surface area contributed by atoms with E-state index in [1.54, 1.807) is 7.11 Å². The first-order valence-corrected chi connectivity index (χ1v) is 12.7. The summed E-state index contributed by atoms with van der Waals surface area (Å²) in [5.41, 5.74) is 4.89. The van der Waals surface area contributed by atoms with Crippen LogP contribution in [-0.2, 0) is 10.0 Å². The molecule has 8 heteroatoms. The van der Waals surface area contributed by atoms with Crippen LogP contribution in [0.25, 0.3) is 16.9 Å². The summed E-state index contributed by atoms with van der Waals surface area (Å²) >= 11 is 0. The highest BCUT2D eigenvalue weighted by Crippen LogP contribution is 2.37. The zero-order valence-corrected chi connectivity index (χ0v) is 19.7. The van der Waals surface area contributed by atoms with Gasteiger partial charge in [0.05, 0.1) is 30.8 Å². The quantitative estimate of drug-likeness (QED) is 0.409. The summed E-state index contributed by atoms with van der Waals surface area (Å²) < 4.78 is 33.8. The van der Waals surface area contributed by atoms with E-state index < -0.39 is 16.1 Å². The van der Waals surface area contributed by atoms with Crippen LogP contribution in [0, 0.1) is 0 Å². The Morgan fingerprint density at radius 3 is 2.32 bits per heavy atom. The van der Waals surface area contributed by atoms with Gasteiger partial charge in [-0.15, -0.1) is 0 Å². The van der Waals surface area contributed by atoms with Crippen molar-refractivity contribution in [1.29, 1.82) is 0 Å². The highest BCUT2D eigenvalue weighted by Gasteiger charge is 2.36. The number of rotatable bonds is 6. The minimum Gasteiger partial charge on any atom is -0.497 e. The number of sulfonamides is 1. The molecule has 2 heterocycles. The van der Waals surface area contributed by atoms with E-state index >= 15 is 0 Å². The monoisotopic (exact) mass is 472 g/mol. The van der Waals surface area contributed by atoms with E-state index in [0.717, 1.165) is 28.1 Å². The van der Waals surface area contributed by atoms with Crippen molar-refractivity contribution in [3.05, 3.63) is 102 Å². The van der Waals surface area contributed by atoms with Gasteiger partial charge in [-0.3, -0.25) is 0 Å². The van der Waals surface area contributed by atoms with Gasteiger partial charge in [0.1, 0.15) is 11.4 Å². The van der Waals surface area contributed by atoms with Gasteiger partial charge in [-0.05, 0) is 29.8 Å². The van der Waals surface area contributed by atoms with E-state index in [9.17, 15) is 8.42 Å². The molecule has 0 saturated heterocycles. The van der Waals surface area contributed by atoms with Gasteiger partial charge in [-0.2, -0.15) is 14.6 Å². The van der Waals surface area contributed by atoms with E-state index in [1.165, 1.54) is 10.7 Å². The Balaban J connectivity index is 1.63. The second kappa shape index (κ2) is 8.79. The zero-order chi connectivity index (χ0) is 23.7. The molecular weight excluding hydrogens is 448 g/mol. The lowest BCUT2D eigenvalue weighted by atomic mass is 9.97. The van der Waals surface area contributed by atoms with E-state index in [2.05, 4.69) is 5.10 Å². The van der Waals surface area contributed by atoms with Crippen molar-refractivity contribution in [2.24, 2.45) is 5.10 Å². The standard InChI is InChI=1S/C26H24N4O3S/c1-33-22-15-9-12-20(16-22)25-17-24(27-30(25)34(2,31)32)23-18-29(21-13-7-4-8-14-21)28-26(23)19-10-5-3-6-11-19/h3-16,18,25H,17H2,1-2H3. The molecule has 0 N–H and O–H groups in total. The first-order valence-electron chi connectivity index (χ1n) is 10.9. The smallest absolute Gasteiger partial charge is 0.247 e. The maximum atomic E-state index is 12.7. The third-order valence-corrected chi connectivity index (χ3v) is 6.80. The van der Waals surface area contributed by atoms with Crippen molar-refractivity contribution in [3.63, 3.8) is 0 Å². The van der Waals surface area contributed by atoms with E-state index in [1.807, 2.05) is 95.8 Å². The molecule has 4 aromatic rings. The number of hydrazone groups is 1. The van der Waals surface area contributed by atoms with Crippen molar-refractivity contribution >= 4 is 15.7 Å². The fourth-order valence-electron chi connectivity index (χ4n) is 4.16. The maximum absolute atomic E-state index is 12.7. The number of aromatic nitrogens is 2. The second-order valence-electron chi connectivity index (χ2n) is 8.12. The number of benzene rings is 3. The van der Waals surface area contributed by atoms with Crippen LogP contribution in [-0.4, -0.2) is 41.7 Å². The number of hydrogen-bond donors (Lipinski definition) is 0. The fourth-order valence-corrected chi connectivity index (χ4v) is 5.07. The molecule has 0 aliphatic carbocycles. The molecule has 3 aromatic carbocycles. The number of methoxy groups -OCH3 is 1. The third-order valence-electron chi connectivity index (χ3n) is 5.78. The number of para-hydroxylation sites is 1.